The van der Waals surface area contributed by atoms with Gasteiger partial charge in [-0.2, -0.15) is 0 Å². The molecule has 0 radical (unpaired) electrons. The molecule has 186 valence electrons. The fourth-order valence-corrected chi connectivity index (χ4v) is 4.54. The predicted molar refractivity (Wildman–Crippen MR) is 129 cm³/mol. The standard InChI is InChI=1S/C26H30ClN3O5.Na/c1-14(2)10-18-13-21(34-29-18)26-24(16-5-6-16)25(30-35-26)17(7-9-23(32)33)12-22(31)28-20-8-4-15(3)11-19(20)27;/h4,8,11,13-14,16-17H,5-7,9-10,12H2,1-3H3,(H,28,31)(H,32,33);/q;+1/p-1/t17-;/m0./s1. The van der Waals surface area contributed by atoms with Crippen LogP contribution >= 0.6 is 11.6 Å². The van der Waals surface area contributed by atoms with Gasteiger partial charge in [-0.15, -0.1) is 0 Å². The van der Waals surface area contributed by atoms with Crippen molar-refractivity contribution >= 4 is 29.2 Å². The zero-order valence-corrected chi connectivity index (χ0v) is 23.9. The molecule has 1 aliphatic carbocycles. The van der Waals surface area contributed by atoms with Crippen molar-refractivity contribution in [2.24, 2.45) is 5.92 Å². The smallest absolute Gasteiger partial charge is 0.550 e. The first-order valence-corrected chi connectivity index (χ1v) is 12.3. The van der Waals surface area contributed by atoms with E-state index in [0.717, 1.165) is 36.1 Å². The van der Waals surface area contributed by atoms with E-state index in [1.807, 2.05) is 19.1 Å². The van der Waals surface area contributed by atoms with Gasteiger partial charge in [-0.25, -0.2) is 0 Å². The summed E-state index contributed by atoms with van der Waals surface area (Å²) in [6.45, 7) is 6.12. The molecule has 8 nitrogen and oxygen atoms in total. The van der Waals surface area contributed by atoms with Crippen LogP contribution in [0.5, 0.6) is 0 Å². The Morgan fingerprint density at radius 1 is 1.19 bits per heavy atom. The second-order valence-corrected chi connectivity index (χ2v) is 10.1. The first-order chi connectivity index (χ1) is 16.7. The number of carboxylic acid groups (broad SMARTS) is 1. The van der Waals surface area contributed by atoms with E-state index in [-0.39, 0.29) is 60.6 Å². The minimum atomic E-state index is -1.18. The van der Waals surface area contributed by atoms with Crippen molar-refractivity contribution in [1.29, 1.82) is 0 Å². The topological polar surface area (TPSA) is 121 Å². The van der Waals surface area contributed by atoms with E-state index >= 15 is 0 Å². The number of hydrogen-bond acceptors (Lipinski definition) is 7. The third-order valence-electron chi connectivity index (χ3n) is 6.06. The maximum absolute atomic E-state index is 12.9. The van der Waals surface area contributed by atoms with Gasteiger partial charge in [0, 0.05) is 29.9 Å². The van der Waals surface area contributed by atoms with E-state index < -0.39 is 11.9 Å². The number of benzene rings is 1. The van der Waals surface area contributed by atoms with Gasteiger partial charge >= 0.3 is 29.6 Å². The Bertz CT molecular complexity index is 1220. The molecule has 2 heterocycles. The Morgan fingerprint density at radius 2 is 1.94 bits per heavy atom. The summed E-state index contributed by atoms with van der Waals surface area (Å²) in [5.41, 5.74) is 3.78. The zero-order valence-electron chi connectivity index (χ0n) is 21.1. The summed E-state index contributed by atoms with van der Waals surface area (Å²) in [6.07, 6.45) is 2.73. The van der Waals surface area contributed by atoms with Crippen molar-refractivity contribution in [3.63, 3.8) is 0 Å². The first-order valence-electron chi connectivity index (χ1n) is 11.9. The average Bonchev–Trinajstić information content (AvgIpc) is 3.36. The summed E-state index contributed by atoms with van der Waals surface area (Å²) in [6, 6.07) is 7.23. The molecule has 1 aliphatic rings. The Hall–Kier alpha value is -2.13. The number of hydrogen-bond donors (Lipinski definition) is 1. The second-order valence-electron chi connectivity index (χ2n) is 9.71. The van der Waals surface area contributed by atoms with Crippen LogP contribution in [0.15, 0.2) is 33.3 Å². The predicted octanol–water partition coefficient (Wildman–Crippen LogP) is 2.01. The maximum atomic E-state index is 12.9. The summed E-state index contributed by atoms with van der Waals surface area (Å²) in [7, 11) is 0. The van der Waals surface area contributed by atoms with Crippen LogP contribution in [0.3, 0.4) is 0 Å². The van der Waals surface area contributed by atoms with Crippen molar-refractivity contribution in [2.75, 3.05) is 5.32 Å². The SMILES string of the molecule is Cc1ccc(NC(=O)C[C@H](CCC(=O)[O-])c2noc(-c3cc(CC(C)C)no3)c2C2CC2)c(Cl)c1.[Na+]. The van der Waals surface area contributed by atoms with E-state index in [4.69, 9.17) is 20.6 Å². The minimum Gasteiger partial charge on any atom is -0.550 e. The van der Waals surface area contributed by atoms with Gasteiger partial charge in [-0.1, -0.05) is 41.8 Å². The Labute approximate surface area is 237 Å². The average molecular weight is 522 g/mol. The van der Waals surface area contributed by atoms with E-state index in [1.54, 1.807) is 12.1 Å². The van der Waals surface area contributed by atoms with Crippen LogP contribution in [0, 0.1) is 12.8 Å². The number of carbonyl (C=O) groups is 2. The summed E-state index contributed by atoms with van der Waals surface area (Å²) >= 11 is 6.27. The molecule has 0 saturated heterocycles. The van der Waals surface area contributed by atoms with Gasteiger partial charge in [0.2, 0.25) is 17.4 Å². The largest absolute Gasteiger partial charge is 1.00 e. The van der Waals surface area contributed by atoms with Crippen LogP contribution in [-0.2, 0) is 16.0 Å². The van der Waals surface area contributed by atoms with Gasteiger partial charge in [-0.05, 0) is 68.6 Å². The van der Waals surface area contributed by atoms with E-state index in [0.29, 0.717) is 33.8 Å². The molecule has 1 amide bonds. The molecule has 1 saturated carbocycles. The van der Waals surface area contributed by atoms with Gasteiger partial charge in [0.05, 0.1) is 22.1 Å². The van der Waals surface area contributed by atoms with Gasteiger partial charge in [-0.3, -0.25) is 4.79 Å². The molecule has 1 atom stereocenters. The zero-order chi connectivity index (χ0) is 25.1. The van der Waals surface area contributed by atoms with Crippen LogP contribution in [0.1, 0.15) is 80.3 Å². The molecule has 10 heteroatoms. The van der Waals surface area contributed by atoms with Crippen LogP contribution in [0.4, 0.5) is 5.69 Å². The first kappa shape index (κ1) is 28.4. The van der Waals surface area contributed by atoms with Crippen molar-refractivity contribution in [3.05, 3.63) is 51.8 Å². The van der Waals surface area contributed by atoms with Crippen LogP contribution in [0.25, 0.3) is 11.5 Å². The number of aryl methyl sites for hydroxylation is 1. The quantitative estimate of drug-likeness (QED) is 0.383. The fourth-order valence-electron chi connectivity index (χ4n) is 4.26. The molecule has 1 N–H and O–H groups in total. The van der Waals surface area contributed by atoms with Crippen molar-refractivity contribution in [1.82, 2.24) is 10.3 Å². The van der Waals surface area contributed by atoms with Crippen LogP contribution in [-0.4, -0.2) is 22.2 Å². The molecule has 0 bridgehead atoms. The number of rotatable bonds is 11. The van der Waals surface area contributed by atoms with Crippen molar-refractivity contribution in [3.8, 4) is 11.5 Å². The Balaban J connectivity index is 0.00000361. The molecule has 3 aromatic rings. The van der Waals surface area contributed by atoms with E-state index in [1.165, 1.54) is 0 Å². The molecule has 1 fully saturated rings. The summed E-state index contributed by atoms with van der Waals surface area (Å²) < 4.78 is 11.3. The number of nitrogens with zero attached hydrogens (tertiary/aromatic N) is 2. The van der Waals surface area contributed by atoms with Gasteiger partial charge in [0.1, 0.15) is 0 Å². The normalized spacial score (nSPS) is 13.9. The third-order valence-corrected chi connectivity index (χ3v) is 6.37. The molecular weight excluding hydrogens is 493 g/mol. The van der Waals surface area contributed by atoms with Gasteiger partial charge in [0.15, 0.2) is 0 Å². The summed E-state index contributed by atoms with van der Waals surface area (Å²) in [5, 5.41) is 23.0. The third kappa shape index (κ3) is 7.22. The number of carbonyl (C=O) groups excluding carboxylic acids is 2. The molecule has 4 rings (SSSR count). The van der Waals surface area contributed by atoms with Gasteiger partial charge < -0.3 is 24.3 Å². The molecule has 36 heavy (non-hydrogen) atoms. The number of nitrogens with one attached hydrogen (secondary N) is 1. The van der Waals surface area contributed by atoms with Crippen LogP contribution in [0.2, 0.25) is 5.02 Å². The molecule has 0 aliphatic heterocycles. The monoisotopic (exact) mass is 521 g/mol. The molecular formula is C26H29ClN3NaO5. The number of carboxylic acids is 1. The number of amides is 1. The van der Waals surface area contributed by atoms with Crippen LogP contribution < -0.4 is 40.0 Å². The number of aromatic nitrogens is 2. The summed E-state index contributed by atoms with van der Waals surface area (Å²) in [4.78, 5) is 24.2. The fraction of sp³-hybridized carbons (Fsp3) is 0.462. The van der Waals surface area contributed by atoms with E-state index in [9.17, 15) is 14.7 Å². The Morgan fingerprint density at radius 3 is 2.58 bits per heavy atom. The summed E-state index contributed by atoms with van der Waals surface area (Å²) in [5.74, 6) is -0.281. The second kappa shape index (κ2) is 12.4. The molecule has 2 aromatic heterocycles. The van der Waals surface area contributed by atoms with E-state index in [2.05, 4.69) is 29.5 Å². The molecule has 1 aromatic carbocycles. The van der Waals surface area contributed by atoms with Crippen molar-refractivity contribution < 1.29 is 53.3 Å². The molecule has 0 spiro atoms. The molecule has 0 unspecified atom stereocenters. The van der Waals surface area contributed by atoms with Crippen molar-refractivity contribution in [2.45, 2.75) is 71.1 Å². The number of aliphatic carboxylic acids is 1. The minimum absolute atomic E-state index is 0. The maximum Gasteiger partial charge on any atom is 1.00 e. The number of halogens is 1. The van der Waals surface area contributed by atoms with Gasteiger partial charge in [0.25, 0.3) is 0 Å². The Kier molecular flexibility index (Phi) is 9.80. The number of anilines is 1.